The summed E-state index contributed by atoms with van der Waals surface area (Å²) in [6, 6.07) is 5.94. The Morgan fingerprint density at radius 1 is 1.53 bits per heavy atom. The zero-order chi connectivity index (χ0) is 12.1. The Bertz CT molecular complexity index is 484. The summed E-state index contributed by atoms with van der Waals surface area (Å²) in [5.41, 5.74) is 1.37. The molecule has 0 aliphatic heterocycles. The maximum atomic E-state index is 13.1. The normalized spacial score (nSPS) is 12.1. The number of carbonyl (C=O) groups is 1. The van der Waals surface area contributed by atoms with Gasteiger partial charge in [0.05, 0.1) is 6.20 Å². The summed E-state index contributed by atoms with van der Waals surface area (Å²) in [5.74, 6) is -0.368. The van der Waals surface area contributed by atoms with Crippen molar-refractivity contribution in [3.63, 3.8) is 0 Å². The third-order valence-electron chi connectivity index (χ3n) is 2.34. The van der Waals surface area contributed by atoms with E-state index in [0.717, 1.165) is 5.56 Å². The first-order valence-corrected chi connectivity index (χ1v) is 5.02. The van der Waals surface area contributed by atoms with Crippen LogP contribution in [0.5, 0.6) is 0 Å². The molecule has 0 radical (unpaired) electrons. The third kappa shape index (κ3) is 2.90. The minimum atomic E-state index is -0.539. The predicted octanol–water partition coefficient (Wildman–Crippen LogP) is 2.27. The van der Waals surface area contributed by atoms with Crippen molar-refractivity contribution in [3.05, 3.63) is 53.7 Å². The van der Waals surface area contributed by atoms with Crippen LogP contribution in [-0.2, 0) is 16.0 Å². The van der Waals surface area contributed by atoms with Crippen LogP contribution in [0.4, 0.5) is 4.39 Å². The topological polar surface area (TPSA) is 52.3 Å². The van der Waals surface area contributed by atoms with Crippen molar-refractivity contribution in [2.24, 2.45) is 0 Å². The molecular weight excluding hydrogens is 225 g/mol. The van der Waals surface area contributed by atoms with E-state index < -0.39 is 6.10 Å². The quantitative estimate of drug-likeness (QED) is 0.746. The van der Waals surface area contributed by atoms with Crippen molar-refractivity contribution >= 4 is 6.47 Å². The Morgan fingerprint density at radius 2 is 2.41 bits per heavy atom. The van der Waals surface area contributed by atoms with Crippen molar-refractivity contribution in [2.45, 2.75) is 12.5 Å². The molecule has 2 rings (SSSR count). The Balaban J connectivity index is 2.19. The Hall–Kier alpha value is -2.17. The Kier molecular flexibility index (Phi) is 3.49. The molecule has 0 fully saturated rings. The molecule has 4 nitrogen and oxygen atoms in total. The Morgan fingerprint density at radius 3 is 3.06 bits per heavy atom. The van der Waals surface area contributed by atoms with E-state index in [9.17, 15) is 9.18 Å². The molecule has 0 bridgehead atoms. The number of carbonyl (C=O) groups excluding carboxylic acids is 1. The van der Waals surface area contributed by atoms with Gasteiger partial charge < -0.3 is 9.26 Å². The molecule has 0 aliphatic rings. The van der Waals surface area contributed by atoms with E-state index in [4.69, 9.17) is 4.74 Å². The SMILES string of the molecule is O=COC(Cc1cnoc1)c1cccc(F)c1. The van der Waals surface area contributed by atoms with Gasteiger partial charge in [-0.2, -0.15) is 0 Å². The van der Waals surface area contributed by atoms with Crippen LogP contribution >= 0.6 is 0 Å². The molecule has 0 saturated heterocycles. The first kappa shape index (κ1) is 11.3. The monoisotopic (exact) mass is 235 g/mol. The van der Waals surface area contributed by atoms with Crippen molar-refractivity contribution in [1.82, 2.24) is 5.16 Å². The first-order valence-electron chi connectivity index (χ1n) is 5.02. The third-order valence-corrected chi connectivity index (χ3v) is 2.34. The molecule has 0 spiro atoms. The molecule has 17 heavy (non-hydrogen) atoms. The van der Waals surface area contributed by atoms with Gasteiger partial charge in [0, 0.05) is 12.0 Å². The van der Waals surface area contributed by atoms with E-state index in [1.54, 1.807) is 12.1 Å². The second-order valence-corrected chi connectivity index (χ2v) is 3.51. The van der Waals surface area contributed by atoms with Gasteiger partial charge in [-0.15, -0.1) is 0 Å². The molecule has 0 aliphatic carbocycles. The zero-order valence-corrected chi connectivity index (χ0v) is 8.88. The van der Waals surface area contributed by atoms with Gasteiger partial charge >= 0.3 is 0 Å². The van der Waals surface area contributed by atoms with E-state index in [1.807, 2.05) is 0 Å². The molecular formula is C12H10FNO3. The summed E-state index contributed by atoms with van der Waals surface area (Å²) in [6.45, 7) is 0.350. The number of hydrogen-bond acceptors (Lipinski definition) is 4. The van der Waals surface area contributed by atoms with Crippen LogP contribution in [0.25, 0.3) is 0 Å². The van der Waals surface area contributed by atoms with Gasteiger partial charge in [0.2, 0.25) is 0 Å². The molecule has 0 amide bonds. The van der Waals surface area contributed by atoms with Crippen molar-refractivity contribution in [1.29, 1.82) is 0 Å². The molecule has 1 aromatic carbocycles. The molecule has 1 aromatic heterocycles. The molecule has 5 heteroatoms. The van der Waals surface area contributed by atoms with Gasteiger partial charge in [0.1, 0.15) is 18.2 Å². The molecule has 2 aromatic rings. The van der Waals surface area contributed by atoms with E-state index >= 15 is 0 Å². The second-order valence-electron chi connectivity index (χ2n) is 3.51. The summed E-state index contributed by atoms with van der Waals surface area (Å²) in [6.07, 6.45) is 2.84. The molecule has 1 atom stereocenters. The Labute approximate surface area is 97.0 Å². The van der Waals surface area contributed by atoms with E-state index in [1.165, 1.54) is 24.6 Å². The number of halogens is 1. The number of rotatable bonds is 5. The molecule has 1 heterocycles. The lowest BCUT2D eigenvalue weighted by molar-refractivity contribution is -0.133. The highest BCUT2D eigenvalue weighted by atomic mass is 19.1. The molecule has 0 saturated carbocycles. The number of aromatic nitrogens is 1. The highest BCUT2D eigenvalue weighted by Gasteiger charge is 2.15. The van der Waals surface area contributed by atoms with Crippen LogP contribution in [0.1, 0.15) is 17.2 Å². The maximum Gasteiger partial charge on any atom is 0.293 e. The van der Waals surface area contributed by atoms with Gasteiger partial charge in [0.25, 0.3) is 6.47 Å². The summed E-state index contributed by atoms with van der Waals surface area (Å²) in [4.78, 5) is 10.4. The average molecular weight is 235 g/mol. The van der Waals surface area contributed by atoms with Gasteiger partial charge in [0.15, 0.2) is 0 Å². The van der Waals surface area contributed by atoms with Crippen molar-refractivity contribution < 1.29 is 18.4 Å². The van der Waals surface area contributed by atoms with Crippen LogP contribution in [0.2, 0.25) is 0 Å². The smallest absolute Gasteiger partial charge is 0.293 e. The van der Waals surface area contributed by atoms with Crippen molar-refractivity contribution in [2.75, 3.05) is 0 Å². The minimum absolute atomic E-state index is 0.350. The summed E-state index contributed by atoms with van der Waals surface area (Å²) < 4.78 is 22.7. The van der Waals surface area contributed by atoms with Crippen LogP contribution in [0.15, 0.2) is 41.2 Å². The fourth-order valence-electron chi connectivity index (χ4n) is 1.56. The molecule has 1 unspecified atom stereocenters. The number of nitrogens with zero attached hydrogens (tertiary/aromatic N) is 1. The predicted molar refractivity (Wildman–Crippen MR) is 56.5 cm³/mol. The standard InChI is InChI=1S/C12H10FNO3/c13-11-3-1-2-10(5-11)12(16-8-15)4-9-6-14-17-7-9/h1-3,5-8,12H,4H2. The highest BCUT2D eigenvalue weighted by Crippen LogP contribution is 2.22. The van der Waals surface area contributed by atoms with Crippen LogP contribution < -0.4 is 0 Å². The summed E-state index contributed by atoms with van der Waals surface area (Å²) >= 11 is 0. The van der Waals surface area contributed by atoms with Gasteiger partial charge in [-0.1, -0.05) is 17.3 Å². The zero-order valence-electron chi connectivity index (χ0n) is 8.88. The summed E-state index contributed by atoms with van der Waals surface area (Å²) in [5, 5.41) is 3.55. The minimum Gasteiger partial charge on any atom is -0.459 e. The van der Waals surface area contributed by atoms with E-state index in [2.05, 4.69) is 9.68 Å². The maximum absolute atomic E-state index is 13.1. The largest absolute Gasteiger partial charge is 0.459 e. The number of ether oxygens (including phenoxy) is 1. The van der Waals surface area contributed by atoms with Crippen LogP contribution in [0, 0.1) is 5.82 Å². The van der Waals surface area contributed by atoms with Crippen LogP contribution in [-0.4, -0.2) is 11.6 Å². The van der Waals surface area contributed by atoms with E-state index in [0.29, 0.717) is 18.5 Å². The lowest BCUT2D eigenvalue weighted by Gasteiger charge is -2.14. The van der Waals surface area contributed by atoms with Gasteiger partial charge in [-0.3, -0.25) is 4.79 Å². The van der Waals surface area contributed by atoms with Crippen LogP contribution in [0.3, 0.4) is 0 Å². The lowest BCUT2D eigenvalue weighted by Crippen LogP contribution is -2.06. The number of hydrogen-bond donors (Lipinski definition) is 0. The second kappa shape index (κ2) is 5.25. The highest BCUT2D eigenvalue weighted by molar-refractivity contribution is 5.39. The molecule has 0 N–H and O–H groups in total. The van der Waals surface area contributed by atoms with Gasteiger partial charge in [-0.25, -0.2) is 4.39 Å². The summed E-state index contributed by atoms with van der Waals surface area (Å²) in [7, 11) is 0. The van der Waals surface area contributed by atoms with E-state index in [-0.39, 0.29) is 5.82 Å². The average Bonchev–Trinajstić information content (AvgIpc) is 2.81. The molecule has 88 valence electrons. The lowest BCUT2D eigenvalue weighted by atomic mass is 10.0. The number of benzene rings is 1. The first-order chi connectivity index (χ1) is 8.29. The fourth-order valence-corrected chi connectivity index (χ4v) is 1.56. The van der Waals surface area contributed by atoms with Gasteiger partial charge in [-0.05, 0) is 17.7 Å². The fraction of sp³-hybridized carbons (Fsp3) is 0.167. The van der Waals surface area contributed by atoms with Crippen molar-refractivity contribution in [3.8, 4) is 0 Å².